The van der Waals surface area contributed by atoms with Gasteiger partial charge in [0, 0.05) is 37.7 Å². The molecule has 2 aromatic carbocycles. The van der Waals surface area contributed by atoms with Crippen molar-refractivity contribution in [1.29, 1.82) is 0 Å². The SMILES string of the molecule is COc1cc([C@H]2CN(C(=O)c3ccc4c(c3)OCO4)C[C@H]2C(=O)N2CCOCC2)cc(OC)c1OC. The van der Waals surface area contributed by atoms with Gasteiger partial charge < -0.3 is 38.2 Å². The van der Waals surface area contributed by atoms with Gasteiger partial charge in [-0.2, -0.15) is 0 Å². The molecule has 3 heterocycles. The predicted octanol–water partition coefficient (Wildman–Crippen LogP) is 2.16. The molecule has 0 aliphatic carbocycles. The summed E-state index contributed by atoms with van der Waals surface area (Å²) in [6.07, 6.45) is 0. The van der Waals surface area contributed by atoms with E-state index in [1.165, 1.54) is 0 Å². The van der Waals surface area contributed by atoms with E-state index >= 15 is 0 Å². The molecule has 0 unspecified atom stereocenters. The summed E-state index contributed by atoms with van der Waals surface area (Å²) in [7, 11) is 4.66. The van der Waals surface area contributed by atoms with Gasteiger partial charge in [0.15, 0.2) is 23.0 Å². The molecule has 0 bridgehead atoms. The maximum Gasteiger partial charge on any atom is 0.254 e. The molecular weight excluding hydrogens is 468 g/mol. The molecule has 0 saturated carbocycles. The van der Waals surface area contributed by atoms with Crippen molar-refractivity contribution in [2.24, 2.45) is 5.92 Å². The second kappa shape index (κ2) is 10.1. The zero-order valence-corrected chi connectivity index (χ0v) is 20.7. The van der Waals surface area contributed by atoms with Gasteiger partial charge in [-0.1, -0.05) is 0 Å². The number of ether oxygens (including phenoxy) is 6. The van der Waals surface area contributed by atoms with Gasteiger partial charge in [0.05, 0.1) is 40.5 Å². The first-order valence-corrected chi connectivity index (χ1v) is 11.9. The lowest BCUT2D eigenvalue weighted by molar-refractivity contribution is -0.139. The lowest BCUT2D eigenvalue weighted by Gasteiger charge is -2.31. The van der Waals surface area contributed by atoms with Gasteiger partial charge in [-0.25, -0.2) is 0 Å². The smallest absolute Gasteiger partial charge is 0.254 e. The van der Waals surface area contributed by atoms with Crippen molar-refractivity contribution in [3.63, 3.8) is 0 Å². The Balaban J connectivity index is 1.48. The molecule has 5 rings (SSSR count). The Morgan fingerprint density at radius 2 is 1.56 bits per heavy atom. The van der Waals surface area contributed by atoms with E-state index < -0.39 is 5.92 Å². The first-order chi connectivity index (χ1) is 17.5. The number of benzene rings is 2. The average Bonchev–Trinajstić information content (AvgIpc) is 3.59. The third-order valence-corrected chi connectivity index (χ3v) is 6.98. The Kier molecular flexibility index (Phi) is 6.77. The molecule has 0 N–H and O–H groups in total. The second-order valence-corrected chi connectivity index (χ2v) is 8.89. The van der Waals surface area contributed by atoms with Crippen LogP contribution >= 0.6 is 0 Å². The average molecular weight is 499 g/mol. The summed E-state index contributed by atoms with van der Waals surface area (Å²) in [6.45, 7) is 2.88. The van der Waals surface area contributed by atoms with Gasteiger partial charge in [0.1, 0.15) is 0 Å². The predicted molar refractivity (Wildman–Crippen MR) is 128 cm³/mol. The number of hydrogen-bond acceptors (Lipinski definition) is 8. The van der Waals surface area contributed by atoms with Gasteiger partial charge in [-0.3, -0.25) is 9.59 Å². The lowest BCUT2D eigenvalue weighted by atomic mass is 9.87. The normalized spacial score (nSPS) is 20.9. The summed E-state index contributed by atoms with van der Waals surface area (Å²) >= 11 is 0. The van der Waals surface area contributed by atoms with Crippen LogP contribution in [0.4, 0.5) is 0 Å². The minimum atomic E-state index is -0.427. The minimum Gasteiger partial charge on any atom is -0.493 e. The fourth-order valence-corrected chi connectivity index (χ4v) is 5.10. The van der Waals surface area contributed by atoms with E-state index in [0.29, 0.717) is 73.7 Å². The van der Waals surface area contributed by atoms with Crippen LogP contribution in [0, 0.1) is 5.92 Å². The third-order valence-electron chi connectivity index (χ3n) is 6.98. The molecule has 3 aliphatic heterocycles. The van der Waals surface area contributed by atoms with Gasteiger partial charge >= 0.3 is 0 Å². The summed E-state index contributed by atoms with van der Waals surface area (Å²) in [4.78, 5) is 30.8. The van der Waals surface area contributed by atoms with Crippen molar-refractivity contribution in [3.05, 3.63) is 41.5 Å². The summed E-state index contributed by atoms with van der Waals surface area (Å²) in [6, 6.07) is 8.87. The molecule has 3 aliphatic rings. The number of morpholine rings is 1. The topological polar surface area (TPSA) is 96.0 Å². The number of fused-ring (bicyclic) bond motifs is 1. The molecule has 2 atom stereocenters. The molecule has 192 valence electrons. The number of hydrogen-bond donors (Lipinski definition) is 0. The van der Waals surface area contributed by atoms with E-state index in [-0.39, 0.29) is 24.5 Å². The number of methoxy groups -OCH3 is 3. The van der Waals surface area contributed by atoms with Crippen LogP contribution in [0.3, 0.4) is 0 Å². The fourth-order valence-electron chi connectivity index (χ4n) is 5.10. The Bertz CT molecular complexity index is 1120. The molecule has 0 radical (unpaired) electrons. The van der Waals surface area contributed by atoms with Gasteiger partial charge in [0.2, 0.25) is 18.4 Å². The molecule has 2 saturated heterocycles. The number of carbonyl (C=O) groups is 2. The Hall–Kier alpha value is -3.66. The van der Waals surface area contributed by atoms with Crippen LogP contribution in [-0.4, -0.2) is 89.1 Å². The van der Waals surface area contributed by atoms with Gasteiger partial charge in [0.25, 0.3) is 5.91 Å². The monoisotopic (exact) mass is 498 g/mol. The number of rotatable bonds is 6. The Morgan fingerprint density at radius 1 is 0.861 bits per heavy atom. The minimum absolute atomic E-state index is 0.0121. The first kappa shape index (κ1) is 24.1. The van der Waals surface area contributed by atoms with Gasteiger partial charge in [-0.05, 0) is 35.9 Å². The molecular formula is C26H30N2O8. The standard InChI is InChI=1S/C26H30N2O8/c1-31-22-11-17(12-23(32-2)24(22)33-3)18-13-28(14-19(18)26(30)27-6-8-34-9-7-27)25(29)16-4-5-20-21(10-16)36-15-35-20/h4-5,10-12,18-19H,6-9,13-15H2,1-3H3/t18-,19-/m1/s1. The Labute approximate surface area is 209 Å². The van der Waals surface area contributed by atoms with Crippen LogP contribution in [0.15, 0.2) is 30.3 Å². The van der Waals surface area contributed by atoms with E-state index in [2.05, 4.69) is 0 Å². The molecule has 2 aromatic rings. The zero-order valence-electron chi connectivity index (χ0n) is 20.7. The molecule has 2 fully saturated rings. The van der Waals surface area contributed by atoms with Crippen molar-refractivity contribution in [2.75, 3.05) is 67.5 Å². The molecule has 10 nitrogen and oxygen atoms in total. The molecule has 10 heteroatoms. The number of likely N-dealkylation sites (tertiary alicyclic amines) is 1. The molecule has 0 spiro atoms. The molecule has 2 amide bonds. The second-order valence-electron chi connectivity index (χ2n) is 8.89. The summed E-state index contributed by atoms with van der Waals surface area (Å²) in [5, 5.41) is 0. The van der Waals surface area contributed by atoms with Crippen molar-refractivity contribution in [1.82, 2.24) is 9.80 Å². The highest BCUT2D eigenvalue weighted by Gasteiger charge is 2.43. The quantitative estimate of drug-likeness (QED) is 0.598. The van der Waals surface area contributed by atoms with Crippen LogP contribution in [0.5, 0.6) is 28.7 Å². The highest BCUT2D eigenvalue weighted by Crippen LogP contribution is 2.44. The van der Waals surface area contributed by atoms with Crippen molar-refractivity contribution < 1.29 is 38.0 Å². The van der Waals surface area contributed by atoms with E-state index in [4.69, 9.17) is 28.4 Å². The van der Waals surface area contributed by atoms with Crippen LogP contribution in [0.25, 0.3) is 0 Å². The number of nitrogens with zero attached hydrogens (tertiary/aromatic N) is 2. The molecule has 0 aromatic heterocycles. The van der Waals surface area contributed by atoms with Crippen molar-refractivity contribution in [2.45, 2.75) is 5.92 Å². The number of amides is 2. The third kappa shape index (κ3) is 4.37. The van der Waals surface area contributed by atoms with E-state index in [1.54, 1.807) is 44.4 Å². The van der Waals surface area contributed by atoms with E-state index in [9.17, 15) is 9.59 Å². The van der Waals surface area contributed by atoms with E-state index in [1.807, 2.05) is 17.0 Å². The van der Waals surface area contributed by atoms with Crippen LogP contribution in [0.1, 0.15) is 21.8 Å². The van der Waals surface area contributed by atoms with Crippen LogP contribution in [0.2, 0.25) is 0 Å². The highest BCUT2D eigenvalue weighted by molar-refractivity contribution is 5.96. The summed E-state index contributed by atoms with van der Waals surface area (Å²) in [5.41, 5.74) is 1.33. The van der Waals surface area contributed by atoms with Crippen LogP contribution in [-0.2, 0) is 9.53 Å². The number of carbonyl (C=O) groups excluding carboxylic acids is 2. The maximum atomic E-state index is 13.7. The van der Waals surface area contributed by atoms with Crippen molar-refractivity contribution >= 4 is 11.8 Å². The van der Waals surface area contributed by atoms with Crippen molar-refractivity contribution in [3.8, 4) is 28.7 Å². The van der Waals surface area contributed by atoms with E-state index in [0.717, 1.165) is 5.56 Å². The lowest BCUT2D eigenvalue weighted by Crippen LogP contribution is -2.45. The highest BCUT2D eigenvalue weighted by atomic mass is 16.7. The maximum absolute atomic E-state index is 13.7. The largest absolute Gasteiger partial charge is 0.493 e. The summed E-state index contributed by atoms with van der Waals surface area (Å²) in [5.74, 6) is 1.81. The zero-order chi connectivity index (χ0) is 25.2. The summed E-state index contributed by atoms with van der Waals surface area (Å²) < 4.78 is 32.8. The van der Waals surface area contributed by atoms with Gasteiger partial charge in [-0.15, -0.1) is 0 Å². The Morgan fingerprint density at radius 3 is 2.22 bits per heavy atom. The van der Waals surface area contributed by atoms with Crippen LogP contribution < -0.4 is 23.7 Å². The molecule has 36 heavy (non-hydrogen) atoms. The first-order valence-electron chi connectivity index (χ1n) is 11.9. The fraction of sp³-hybridized carbons (Fsp3) is 0.462.